The topological polar surface area (TPSA) is 186 Å². The number of carbonyl (C=O) groups is 2. The fourth-order valence-electron chi connectivity index (χ4n) is 6.86. The molecule has 1 aliphatic rings. The number of aliphatic hydroxyl groups is 3. The van der Waals surface area contributed by atoms with E-state index in [-0.39, 0.29) is 19.4 Å². The van der Waals surface area contributed by atoms with Crippen molar-refractivity contribution in [2.24, 2.45) is 0 Å². The van der Waals surface area contributed by atoms with Crippen LogP contribution in [0.25, 0.3) is 0 Å². The number of ether oxygens (including phenoxy) is 4. The number of carbonyl (C=O) groups excluding carboxylic acids is 2. The Balaban J connectivity index is 2.46. The van der Waals surface area contributed by atoms with Crippen molar-refractivity contribution in [3.05, 3.63) is 36.5 Å². The Labute approximate surface area is 357 Å². The van der Waals surface area contributed by atoms with Crippen molar-refractivity contribution in [1.29, 1.82) is 0 Å². The Hall–Kier alpha value is -2.13. The molecule has 12 nitrogen and oxygen atoms in total. The summed E-state index contributed by atoms with van der Waals surface area (Å²) in [4.78, 5) is 25.4. The summed E-state index contributed by atoms with van der Waals surface area (Å²) in [7, 11) is -4.60. The molecular weight excluding hydrogens is 777 g/mol. The zero-order chi connectivity index (χ0) is 43.4. The van der Waals surface area contributed by atoms with Crippen LogP contribution in [0.1, 0.15) is 187 Å². The summed E-state index contributed by atoms with van der Waals surface area (Å²) in [5.41, 5.74) is 0. The lowest BCUT2D eigenvalue weighted by molar-refractivity contribution is -0.297. The second-order valence-electron chi connectivity index (χ2n) is 16.1. The first-order chi connectivity index (χ1) is 28.5. The van der Waals surface area contributed by atoms with Gasteiger partial charge in [0.25, 0.3) is 10.1 Å². The van der Waals surface area contributed by atoms with Crippen LogP contribution in [0.15, 0.2) is 36.5 Å². The number of allylic oxidation sites excluding steroid dienone is 6. The average molecular weight is 859 g/mol. The number of hydrogen-bond donors (Lipinski definition) is 4. The Bertz CT molecular complexity index is 1240. The maximum atomic E-state index is 12.8. The summed E-state index contributed by atoms with van der Waals surface area (Å²) in [6, 6.07) is 0. The van der Waals surface area contributed by atoms with E-state index in [0.29, 0.717) is 12.8 Å². The average Bonchev–Trinajstić information content (AvgIpc) is 3.20. The van der Waals surface area contributed by atoms with Crippen LogP contribution >= 0.6 is 0 Å². The van der Waals surface area contributed by atoms with Crippen molar-refractivity contribution in [2.75, 3.05) is 19.0 Å². The highest BCUT2D eigenvalue weighted by atomic mass is 32.2. The molecule has 0 aromatic carbocycles. The highest BCUT2D eigenvalue weighted by Gasteiger charge is 2.46. The van der Waals surface area contributed by atoms with Crippen molar-refractivity contribution < 1.29 is 56.8 Å². The van der Waals surface area contributed by atoms with Crippen LogP contribution in [-0.2, 0) is 38.7 Å². The highest BCUT2D eigenvalue weighted by Crippen LogP contribution is 2.24. The van der Waals surface area contributed by atoms with E-state index in [4.69, 9.17) is 18.9 Å². The third kappa shape index (κ3) is 31.4. The van der Waals surface area contributed by atoms with Crippen LogP contribution in [0.3, 0.4) is 0 Å². The molecule has 2 unspecified atom stereocenters. The Morgan fingerprint density at radius 2 is 1.02 bits per heavy atom. The molecular formula is C46H82O12S. The smallest absolute Gasteiger partial charge is 0.306 e. The van der Waals surface area contributed by atoms with Gasteiger partial charge in [0.05, 0.1) is 6.61 Å². The van der Waals surface area contributed by atoms with Crippen molar-refractivity contribution in [1.82, 2.24) is 0 Å². The number of aliphatic hydroxyl groups excluding tert-OH is 3. The third-order valence-electron chi connectivity index (χ3n) is 10.5. The Morgan fingerprint density at radius 1 is 0.576 bits per heavy atom. The normalized spacial score (nSPS) is 20.5. The lowest BCUT2D eigenvalue weighted by Gasteiger charge is -2.40. The predicted molar refractivity (Wildman–Crippen MR) is 233 cm³/mol. The van der Waals surface area contributed by atoms with Crippen molar-refractivity contribution >= 4 is 22.1 Å². The Morgan fingerprint density at radius 3 is 1.54 bits per heavy atom. The minimum absolute atomic E-state index is 0.140. The van der Waals surface area contributed by atoms with Gasteiger partial charge in [0, 0.05) is 12.8 Å². The van der Waals surface area contributed by atoms with E-state index in [9.17, 15) is 37.9 Å². The van der Waals surface area contributed by atoms with E-state index in [1.807, 2.05) is 0 Å². The second-order valence-corrected chi connectivity index (χ2v) is 17.6. The molecule has 0 amide bonds. The monoisotopic (exact) mass is 859 g/mol. The largest absolute Gasteiger partial charge is 0.462 e. The molecule has 1 fully saturated rings. The van der Waals surface area contributed by atoms with Crippen LogP contribution < -0.4 is 0 Å². The molecule has 344 valence electrons. The minimum Gasteiger partial charge on any atom is -0.462 e. The number of esters is 2. The molecule has 0 radical (unpaired) electrons. The first kappa shape index (κ1) is 54.9. The molecule has 0 bridgehead atoms. The number of hydrogen-bond acceptors (Lipinski definition) is 11. The zero-order valence-electron chi connectivity index (χ0n) is 36.6. The Kier molecular flexibility index (Phi) is 34.0. The molecule has 1 rings (SSSR count). The molecule has 1 aliphatic heterocycles. The molecule has 59 heavy (non-hydrogen) atoms. The molecule has 4 N–H and O–H groups in total. The quantitative estimate of drug-likeness (QED) is 0.0200. The minimum atomic E-state index is -4.60. The fourth-order valence-corrected chi connectivity index (χ4v) is 7.55. The maximum absolute atomic E-state index is 12.8. The van der Waals surface area contributed by atoms with Gasteiger partial charge in [-0.2, -0.15) is 8.42 Å². The SMILES string of the molecule is CCCCC/C=C/C/C=C/C/C=C/CCCCCCC(=O)O[C@H](COC(=O)CCCCCCCCCCCCCCCC)CO[C@H]1O[C@H](CS(=O)(=O)O)[C@@H](O)C(O)C1O. The van der Waals surface area contributed by atoms with E-state index in [1.54, 1.807) is 0 Å². The predicted octanol–water partition coefficient (Wildman–Crippen LogP) is 9.39. The van der Waals surface area contributed by atoms with Crippen molar-refractivity contribution in [2.45, 2.75) is 224 Å². The van der Waals surface area contributed by atoms with Gasteiger partial charge in [-0.3, -0.25) is 14.1 Å². The van der Waals surface area contributed by atoms with Gasteiger partial charge in [-0.1, -0.05) is 159 Å². The van der Waals surface area contributed by atoms with Gasteiger partial charge in [0.1, 0.15) is 36.8 Å². The lowest BCUT2D eigenvalue weighted by Crippen LogP contribution is -2.60. The van der Waals surface area contributed by atoms with Crippen LogP contribution in [0, 0.1) is 0 Å². The lowest BCUT2D eigenvalue weighted by atomic mass is 10.00. The van der Waals surface area contributed by atoms with Gasteiger partial charge in [0.2, 0.25) is 0 Å². The fraction of sp³-hybridized carbons (Fsp3) is 0.826. The molecule has 13 heteroatoms. The first-order valence-electron chi connectivity index (χ1n) is 23.0. The van der Waals surface area contributed by atoms with Gasteiger partial charge in [-0.15, -0.1) is 0 Å². The van der Waals surface area contributed by atoms with E-state index in [1.165, 1.54) is 83.5 Å². The van der Waals surface area contributed by atoms with Crippen molar-refractivity contribution in [3.63, 3.8) is 0 Å². The van der Waals surface area contributed by atoms with Crippen LogP contribution in [0.4, 0.5) is 0 Å². The van der Waals surface area contributed by atoms with Crippen molar-refractivity contribution in [3.8, 4) is 0 Å². The molecule has 6 atom stereocenters. The summed E-state index contributed by atoms with van der Waals surface area (Å²) >= 11 is 0. The standard InChI is InChI=1S/C46H82O12S/c1-3-5-7-9-11-13-15-17-19-20-21-23-25-27-29-31-33-35-42(48)57-39(37-56-46-45(51)44(50)43(49)40(58-46)38-59(52,53)54)36-55-41(47)34-32-30-28-26-24-22-18-16-14-12-10-8-6-4-2/h11,13,17,19,21,23,39-40,43-46,49-51H,3-10,12,14-16,18,20,22,24-38H2,1-2H3,(H,52,53,54)/b13-11+,19-17+,23-21+/t39-,40-,43-,44?,45?,46+/m1/s1. The number of rotatable bonds is 38. The molecule has 0 aromatic heterocycles. The first-order valence-corrected chi connectivity index (χ1v) is 24.7. The van der Waals surface area contributed by atoms with Crippen LogP contribution in [0.2, 0.25) is 0 Å². The molecule has 0 saturated carbocycles. The molecule has 1 saturated heterocycles. The van der Waals surface area contributed by atoms with Gasteiger partial charge in [0.15, 0.2) is 12.4 Å². The van der Waals surface area contributed by atoms with E-state index < -0.39 is 71.2 Å². The molecule has 0 aromatic rings. The summed E-state index contributed by atoms with van der Waals surface area (Å²) in [5, 5.41) is 30.9. The van der Waals surface area contributed by atoms with Gasteiger partial charge >= 0.3 is 11.9 Å². The molecule has 1 heterocycles. The van der Waals surface area contributed by atoms with Gasteiger partial charge < -0.3 is 34.3 Å². The van der Waals surface area contributed by atoms with E-state index >= 15 is 0 Å². The molecule has 0 spiro atoms. The van der Waals surface area contributed by atoms with Gasteiger partial charge in [-0.25, -0.2) is 0 Å². The van der Waals surface area contributed by atoms with Crippen LogP contribution in [0.5, 0.6) is 0 Å². The molecule has 0 aliphatic carbocycles. The summed E-state index contributed by atoms with van der Waals surface area (Å²) in [6.07, 6.45) is 31.8. The van der Waals surface area contributed by atoms with E-state index in [2.05, 4.69) is 50.3 Å². The summed E-state index contributed by atoms with van der Waals surface area (Å²) in [5.74, 6) is -2.01. The number of unbranched alkanes of at least 4 members (excludes halogenated alkanes) is 20. The van der Waals surface area contributed by atoms with Gasteiger partial charge in [-0.05, 0) is 51.4 Å². The van der Waals surface area contributed by atoms with Crippen LogP contribution in [-0.4, -0.2) is 96.0 Å². The summed E-state index contributed by atoms with van der Waals surface area (Å²) in [6.45, 7) is 3.72. The second kappa shape index (κ2) is 36.5. The maximum Gasteiger partial charge on any atom is 0.306 e. The highest BCUT2D eigenvalue weighted by molar-refractivity contribution is 7.85. The summed E-state index contributed by atoms with van der Waals surface area (Å²) < 4.78 is 54.0. The zero-order valence-corrected chi connectivity index (χ0v) is 37.4. The third-order valence-corrected chi connectivity index (χ3v) is 11.2. The van der Waals surface area contributed by atoms with E-state index in [0.717, 1.165) is 64.2 Å².